The molecule has 0 saturated carbocycles. The lowest BCUT2D eigenvalue weighted by atomic mass is 10.1. The van der Waals surface area contributed by atoms with Gasteiger partial charge in [-0.25, -0.2) is 4.79 Å². The quantitative estimate of drug-likeness (QED) is 0.780. The molecule has 1 heterocycles. The number of hydrogen-bond acceptors (Lipinski definition) is 3. The number of rotatable bonds is 4. The van der Waals surface area contributed by atoms with Gasteiger partial charge >= 0.3 is 5.76 Å². The van der Waals surface area contributed by atoms with Gasteiger partial charge in [-0.3, -0.25) is 9.36 Å². The van der Waals surface area contributed by atoms with Crippen LogP contribution in [0.5, 0.6) is 0 Å². The van der Waals surface area contributed by atoms with E-state index in [9.17, 15) is 9.59 Å². The second-order valence-electron chi connectivity index (χ2n) is 4.94. The molecule has 0 aliphatic heterocycles. The Kier molecular flexibility index (Phi) is 3.36. The molecule has 0 atom stereocenters. The van der Waals surface area contributed by atoms with Crippen LogP contribution in [-0.2, 0) is 6.54 Å². The number of ketones is 1. The molecule has 0 aliphatic carbocycles. The van der Waals surface area contributed by atoms with E-state index in [-0.39, 0.29) is 11.5 Å². The van der Waals surface area contributed by atoms with Crippen molar-refractivity contribution in [3.63, 3.8) is 0 Å². The second kappa shape index (κ2) is 4.80. The lowest BCUT2D eigenvalue weighted by Gasteiger charge is -2.05. The minimum absolute atomic E-state index is 0.0329. The van der Waals surface area contributed by atoms with Crippen LogP contribution in [0.3, 0.4) is 0 Å². The van der Waals surface area contributed by atoms with E-state index >= 15 is 0 Å². The van der Waals surface area contributed by atoms with E-state index in [1.54, 1.807) is 22.8 Å². The third kappa shape index (κ3) is 2.37. The van der Waals surface area contributed by atoms with E-state index in [2.05, 4.69) is 13.8 Å². The zero-order valence-corrected chi connectivity index (χ0v) is 10.9. The van der Waals surface area contributed by atoms with Gasteiger partial charge in [0.2, 0.25) is 0 Å². The van der Waals surface area contributed by atoms with Crippen LogP contribution in [0.25, 0.3) is 11.1 Å². The molecular formula is C14H17NO3. The molecule has 0 radical (unpaired) electrons. The van der Waals surface area contributed by atoms with Gasteiger partial charge in [0.25, 0.3) is 0 Å². The van der Waals surface area contributed by atoms with E-state index in [0.717, 1.165) is 11.9 Å². The first kappa shape index (κ1) is 12.6. The van der Waals surface area contributed by atoms with Crippen LogP contribution in [0, 0.1) is 5.92 Å². The van der Waals surface area contributed by atoms with Crippen molar-refractivity contribution in [2.45, 2.75) is 33.7 Å². The first-order valence-electron chi connectivity index (χ1n) is 6.13. The number of Topliss-reactive ketones (excluding diaryl/α,β-unsaturated/α-hetero) is 1. The van der Waals surface area contributed by atoms with Crippen LogP contribution < -0.4 is 5.76 Å². The largest absolute Gasteiger partial charge is 0.419 e. The maximum Gasteiger partial charge on any atom is 0.419 e. The molecular weight excluding hydrogens is 230 g/mol. The summed E-state index contributed by atoms with van der Waals surface area (Å²) in [4.78, 5) is 23.0. The summed E-state index contributed by atoms with van der Waals surface area (Å²) in [7, 11) is 0. The van der Waals surface area contributed by atoms with E-state index < -0.39 is 0 Å². The lowest BCUT2D eigenvalue weighted by Crippen LogP contribution is -2.15. The first-order chi connectivity index (χ1) is 8.49. The van der Waals surface area contributed by atoms with Gasteiger partial charge in [-0.2, -0.15) is 0 Å². The summed E-state index contributed by atoms with van der Waals surface area (Å²) >= 11 is 0. The number of fused-ring (bicyclic) bond motifs is 1. The van der Waals surface area contributed by atoms with Crippen LogP contribution in [0.2, 0.25) is 0 Å². The SMILES string of the molecule is CC(=O)c1ccc2c(c1)oc(=O)n2CCC(C)C. The van der Waals surface area contributed by atoms with Crippen molar-refractivity contribution < 1.29 is 9.21 Å². The Morgan fingerprint density at radius 2 is 2.11 bits per heavy atom. The number of hydrogen-bond donors (Lipinski definition) is 0. The minimum Gasteiger partial charge on any atom is -0.408 e. The fourth-order valence-corrected chi connectivity index (χ4v) is 1.88. The standard InChI is InChI=1S/C14H17NO3/c1-9(2)6-7-15-12-5-4-11(10(3)16)8-13(12)18-14(15)17/h4-5,8-9H,6-7H2,1-3H3. The number of oxazole rings is 1. The van der Waals surface area contributed by atoms with Gasteiger partial charge < -0.3 is 4.42 Å². The van der Waals surface area contributed by atoms with Gasteiger partial charge in [0, 0.05) is 12.1 Å². The number of carbonyl (C=O) groups is 1. The Labute approximate surface area is 105 Å². The van der Waals surface area contributed by atoms with E-state index in [4.69, 9.17) is 4.42 Å². The number of carbonyl (C=O) groups excluding carboxylic acids is 1. The van der Waals surface area contributed by atoms with Crippen LogP contribution in [0.15, 0.2) is 27.4 Å². The van der Waals surface area contributed by atoms with Crippen molar-refractivity contribution in [2.24, 2.45) is 5.92 Å². The van der Waals surface area contributed by atoms with Crippen LogP contribution in [-0.4, -0.2) is 10.4 Å². The Bertz CT molecular complexity index is 634. The number of aryl methyl sites for hydroxylation is 1. The number of benzene rings is 1. The smallest absolute Gasteiger partial charge is 0.408 e. The lowest BCUT2D eigenvalue weighted by molar-refractivity contribution is 0.101. The van der Waals surface area contributed by atoms with E-state index in [0.29, 0.717) is 23.6 Å². The molecule has 2 aromatic rings. The van der Waals surface area contributed by atoms with Crippen molar-refractivity contribution in [1.82, 2.24) is 4.57 Å². The summed E-state index contributed by atoms with van der Waals surface area (Å²) in [5, 5.41) is 0. The third-order valence-corrected chi connectivity index (χ3v) is 3.00. The van der Waals surface area contributed by atoms with Gasteiger partial charge in [0.15, 0.2) is 11.4 Å². The molecule has 1 aromatic carbocycles. The highest BCUT2D eigenvalue weighted by Crippen LogP contribution is 2.16. The highest BCUT2D eigenvalue weighted by Gasteiger charge is 2.11. The first-order valence-corrected chi connectivity index (χ1v) is 6.13. The summed E-state index contributed by atoms with van der Waals surface area (Å²) in [6, 6.07) is 5.13. The normalized spacial score (nSPS) is 11.3. The number of aromatic nitrogens is 1. The molecule has 0 unspecified atom stereocenters. The fourth-order valence-electron chi connectivity index (χ4n) is 1.88. The second-order valence-corrected chi connectivity index (χ2v) is 4.94. The zero-order chi connectivity index (χ0) is 13.3. The van der Waals surface area contributed by atoms with E-state index in [1.165, 1.54) is 6.92 Å². The maximum absolute atomic E-state index is 11.7. The summed E-state index contributed by atoms with van der Waals surface area (Å²) < 4.78 is 6.80. The summed E-state index contributed by atoms with van der Waals surface area (Å²) in [6.07, 6.45) is 0.920. The molecule has 0 fully saturated rings. The average Bonchev–Trinajstić information content (AvgIpc) is 2.60. The van der Waals surface area contributed by atoms with Crippen molar-refractivity contribution in [3.05, 3.63) is 34.3 Å². The van der Waals surface area contributed by atoms with Gasteiger partial charge in [-0.05, 0) is 37.5 Å². The van der Waals surface area contributed by atoms with Crippen molar-refractivity contribution in [3.8, 4) is 0 Å². The van der Waals surface area contributed by atoms with Crippen LogP contribution in [0.4, 0.5) is 0 Å². The molecule has 4 heteroatoms. The van der Waals surface area contributed by atoms with E-state index in [1.807, 2.05) is 0 Å². The predicted molar refractivity (Wildman–Crippen MR) is 69.9 cm³/mol. The predicted octanol–water partition coefficient (Wildman–Crippen LogP) is 2.84. The Morgan fingerprint density at radius 1 is 1.39 bits per heavy atom. The molecule has 2 rings (SSSR count). The maximum atomic E-state index is 11.7. The Morgan fingerprint density at radius 3 is 2.72 bits per heavy atom. The van der Waals surface area contributed by atoms with Crippen LogP contribution in [0.1, 0.15) is 37.6 Å². The Hall–Kier alpha value is -1.84. The molecule has 0 N–H and O–H groups in total. The topological polar surface area (TPSA) is 52.2 Å². The molecule has 0 spiro atoms. The van der Waals surface area contributed by atoms with Crippen molar-refractivity contribution >= 4 is 16.9 Å². The minimum atomic E-state index is -0.355. The molecule has 1 aromatic heterocycles. The van der Waals surface area contributed by atoms with Crippen molar-refractivity contribution in [2.75, 3.05) is 0 Å². The monoisotopic (exact) mass is 247 g/mol. The van der Waals surface area contributed by atoms with Gasteiger partial charge in [-0.15, -0.1) is 0 Å². The summed E-state index contributed by atoms with van der Waals surface area (Å²) in [5.74, 6) is 0.138. The molecule has 0 aliphatic rings. The van der Waals surface area contributed by atoms with Crippen molar-refractivity contribution in [1.29, 1.82) is 0 Å². The molecule has 0 saturated heterocycles. The molecule has 96 valence electrons. The molecule has 18 heavy (non-hydrogen) atoms. The van der Waals surface area contributed by atoms with Gasteiger partial charge in [-0.1, -0.05) is 13.8 Å². The van der Waals surface area contributed by atoms with Crippen LogP contribution >= 0.6 is 0 Å². The zero-order valence-electron chi connectivity index (χ0n) is 10.9. The highest BCUT2D eigenvalue weighted by atomic mass is 16.4. The average molecular weight is 247 g/mol. The third-order valence-electron chi connectivity index (χ3n) is 3.00. The Balaban J connectivity index is 2.45. The highest BCUT2D eigenvalue weighted by molar-refractivity contribution is 5.96. The molecule has 0 bridgehead atoms. The van der Waals surface area contributed by atoms with Gasteiger partial charge in [0.1, 0.15) is 0 Å². The molecule has 0 amide bonds. The summed E-state index contributed by atoms with van der Waals surface area (Å²) in [5.41, 5.74) is 1.80. The molecule has 4 nitrogen and oxygen atoms in total. The number of nitrogens with zero attached hydrogens (tertiary/aromatic N) is 1. The fraction of sp³-hybridized carbons (Fsp3) is 0.429. The van der Waals surface area contributed by atoms with Gasteiger partial charge in [0.05, 0.1) is 5.52 Å². The summed E-state index contributed by atoms with van der Waals surface area (Å²) in [6.45, 7) is 6.36.